The zero-order valence-corrected chi connectivity index (χ0v) is 16.6. The number of hydrogen-bond donors (Lipinski definition) is 1. The molecule has 8 nitrogen and oxygen atoms in total. The molecule has 0 unspecified atom stereocenters. The number of anilines is 1. The summed E-state index contributed by atoms with van der Waals surface area (Å²) in [5.74, 6) is 0.696. The first-order chi connectivity index (χ1) is 12.4. The number of hydrogen-bond acceptors (Lipinski definition) is 7. The van der Waals surface area contributed by atoms with Gasteiger partial charge < -0.3 is 14.8 Å². The SMILES string of the molecule is CCOc1ccc(Br)cc1[C@@H]1C(C(=O)OC(C)C)=C(C)Nc2nnnn21. The topological polar surface area (TPSA) is 91.2 Å². The first kappa shape index (κ1) is 18.4. The van der Waals surface area contributed by atoms with Crippen molar-refractivity contribution in [3.63, 3.8) is 0 Å². The van der Waals surface area contributed by atoms with Crippen molar-refractivity contribution in [2.24, 2.45) is 0 Å². The largest absolute Gasteiger partial charge is 0.494 e. The van der Waals surface area contributed by atoms with Crippen molar-refractivity contribution in [2.45, 2.75) is 39.8 Å². The van der Waals surface area contributed by atoms with Crippen LogP contribution in [0.5, 0.6) is 5.75 Å². The van der Waals surface area contributed by atoms with Gasteiger partial charge in [0.05, 0.1) is 18.3 Å². The molecule has 2 aromatic rings. The molecule has 2 heterocycles. The summed E-state index contributed by atoms with van der Waals surface area (Å²) in [6.07, 6.45) is -0.243. The van der Waals surface area contributed by atoms with Crippen LogP contribution in [0.4, 0.5) is 5.95 Å². The zero-order valence-electron chi connectivity index (χ0n) is 15.0. The molecule has 1 aliphatic heterocycles. The standard InChI is InChI=1S/C17H20BrN5O3/c1-5-25-13-7-6-11(18)8-12(13)15-14(16(24)26-9(2)3)10(4)19-17-20-21-22-23(15)17/h6-9,15H,5H2,1-4H3,(H,19,20,22)/t15-/m1/s1. The summed E-state index contributed by atoms with van der Waals surface area (Å²) in [6, 6.07) is 5.09. The third kappa shape index (κ3) is 3.44. The maximum Gasteiger partial charge on any atom is 0.338 e. The minimum atomic E-state index is -0.563. The lowest BCUT2D eigenvalue weighted by molar-refractivity contribution is -0.143. The minimum absolute atomic E-state index is 0.243. The van der Waals surface area contributed by atoms with Crippen molar-refractivity contribution >= 4 is 27.8 Å². The average Bonchev–Trinajstić information content (AvgIpc) is 3.02. The van der Waals surface area contributed by atoms with Gasteiger partial charge in [0.15, 0.2) is 0 Å². The van der Waals surface area contributed by atoms with Crippen molar-refractivity contribution in [3.8, 4) is 5.75 Å². The predicted octanol–water partition coefficient (Wildman–Crippen LogP) is 3.07. The van der Waals surface area contributed by atoms with Crippen LogP contribution in [0.15, 0.2) is 33.9 Å². The molecule has 0 bridgehead atoms. The number of carbonyl (C=O) groups is 1. The minimum Gasteiger partial charge on any atom is -0.494 e. The Morgan fingerprint density at radius 3 is 2.88 bits per heavy atom. The Kier molecular flexibility index (Phi) is 5.26. The van der Waals surface area contributed by atoms with Gasteiger partial charge in [-0.3, -0.25) is 0 Å². The van der Waals surface area contributed by atoms with Gasteiger partial charge in [-0.2, -0.15) is 4.68 Å². The zero-order chi connectivity index (χ0) is 18.8. The third-order valence-electron chi connectivity index (χ3n) is 3.84. The summed E-state index contributed by atoms with van der Waals surface area (Å²) < 4.78 is 13.7. The van der Waals surface area contributed by atoms with Crippen molar-refractivity contribution < 1.29 is 14.3 Å². The summed E-state index contributed by atoms with van der Waals surface area (Å²) in [4.78, 5) is 12.8. The lowest BCUT2D eigenvalue weighted by atomic mass is 9.95. The fraction of sp³-hybridized carbons (Fsp3) is 0.412. The maximum atomic E-state index is 12.8. The lowest BCUT2D eigenvalue weighted by Gasteiger charge is -2.29. The van der Waals surface area contributed by atoms with E-state index in [-0.39, 0.29) is 6.10 Å². The monoisotopic (exact) mass is 421 g/mol. The number of fused-ring (bicyclic) bond motifs is 1. The summed E-state index contributed by atoms with van der Waals surface area (Å²) in [5, 5.41) is 14.9. The molecule has 1 aliphatic rings. The number of rotatable bonds is 5. The van der Waals surface area contributed by atoms with Crippen molar-refractivity contribution in [1.82, 2.24) is 20.2 Å². The Labute approximate surface area is 159 Å². The number of aromatic nitrogens is 4. The molecular formula is C17H20BrN5O3. The number of allylic oxidation sites excluding steroid dienone is 1. The highest BCUT2D eigenvalue weighted by Crippen LogP contribution is 2.40. The van der Waals surface area contributed by atoms with Gasteiger partial charge in [0, 0.05) is 15.7 Å². The van der Waals surface area contributed by atoms with E-state index in [4.69, 9.17) is 9.47 Å². The first-order valence-electron chi connectivity index (χ1n) is 8.31. The Morgan fingerprint density at radius 1 is 1.42 bits per heavy atom. The molecule has 0 saturated carbocycles. The van der Waals surface area contributed by atoms with E-state index in [1.54, 1.807) is 11.6 Å². The highest BCUT2D eigenvalue weighted by molar-refractivity contribution is 9.10. The van der Waals surface area contributed by atoms with E-state index in [9.17, 15) is 4.79 Å². The fourth-order valence-corrected chi connectivity index (χ4v) is 3.24. The van der Waals surface area contributed by atoms with E-state index in [0.717, 1.165) is 10.0 Å². The van der Waals surface area contributed by atoms with Crippen LogP contribution in [0.1, 0.15) is 39.3 Å². The molecular weight excluding hydrogens is 402 g/mol. The van der Waals surface area contributed by atoms with Gasteiger partial charge in [0.25, 0.3) is 0 Å². The number of esters is 1. The quantitative estimate of drug-likeness (QED) is 0.741. The van der Waals surface area contributed by atoms with Crippen LogP contribution in [0.2, 0.25) is 0 Å². The van der Waals surface area contributed by atoms with E-state index in [0.29, 0.717) is 29.6 Å². The second-order valence-electron chi connectivity index (χ2n) is 6.08. The van der Waals surface area contributed by atoms with E-state index in [1.807, 2.05) is 39.0 Å². The molecule has 1 N–H and O–H groups in total. The Balaban J connectivity index is 2.18. The van der Waals surface area contributed by atoms with Gasteiger partial charge in [0.1, 0.15) is 11.8 Å². The number of benzene rings is 1. The maximum absolute atomic E-state index is 12.8. The smallest absolute Gasteiger partial charge is 0.338 e. The molecule has 0 fully saturated rings. The first-order valence-corrected chi connectivity index (χ1v) is 9.10. The predicted molar refractivity (Wildman–Crippen MR) is 98.8 cm³/mol. The summed E-state index contributed by atoms with van der Waals surface area (Å²) in [5.41, 5.74) is 1.86. The normalized spacial score (nSPS) is 16.3. The Bertz CT molecular complexity index is 862. The number of carbonyl (C=O) groups excluding carboxylic acids is 1. The van der Waals surface area contributed by atoms with Crippen LogP contribution < -0.4 is 10.1 Å². The molecule has 0 amide bonds. The van der Waals surface area contributed by atoms with Gasteiger partial charge in [-0.25, -0.2) is 4.79 Å². The van der Waals surface area contributed by atoms with E-state index in [2.05, 4.69) is 36.8 Å². The van der Waals surface area contributed by atoms with Crippen LogP contribution in [0.3, 0.4) is 0 Å². The van der Waals surface area contributed by atoms with Crippen LogP contribution in [0.25, 0.3) is 0 Å². The van der Waals surface area contributed by atoms with E-state index < -0.39 is 12.0 Å². The molecule has 3 rings (SSSR count). The number of tetrazole rings is 1. The number of nitrogens with one attached hydrogen (secondary N) is 1. The second kappa shape index (κ2) is 7.45. The van der Waals surface area contributed by atoms with Gasteiger partial charge in [-0.15, -0.1) is 0 Å². The van der Waals surface area contributed by atoms with Crippen LogP contribution >= 0.6 is 15.9 Å². The third-order valence-corrected chi connectivity index (χ3v) is 4.34. The number of nitrogens with zero attached hydrogens (tertiary/aromatic N) is 4. The molecule has 0 spiro atoms. The van der Waals surface area contributed by atoms with E-state index in [1.165, 1.54) is 0 Å². The van der Waals surface area contributed by atoms with Crippen LogP contribution in [-0.2, 0) is 9.53 Å². The number of ether oxygens (including phenoxy) is 2. The second-order valence-corrected chi connectivity index (χ2v) is 7.00. The van der Waals surface area contributed by atoms with Crippen molar-refractivity contribution in [3.05, 3.63) is 39.5 Å². The highest BCUT2D eigenvalue weighted by Gasteiger charge is 2.37. The molecule has 26 heavy (non-hydrogen) atoms. The molecule has 138 valence electrons. The van der Waals surface area contributed by atoms with Crippen LogP contribution in [0, 0.1) is 0 Å². The van der Waals surface area contributed by atoms with Gasteiger partial charge >= 0.3 is 5.97 Å². The summed E-state index contributed by atoms with van der Waals surface area (Å²) in [6.45, 7) is 7.83. The van der Waals surface area contributed by atoms with Crippen molar-refractivity contribution in [1.29, 1.82) is 0 Å². The molecule has 0 saturated heterocycles. The molecule has 9 heteroatoms. The molecule has 1 aromatic heterocycles. The Morgan fingerprint density at radius 2 is 2.19 bits per heavy atom. The van der Waals surface area contributed by atoms with E-state index >= 15 is 0 Å². The molecule has 1 atom stereocenters. The van der Waals surface area contributed by atoms with Gasteiger partial charge in [0.2, 0.25) is 5.95 Å². The lowest BCUT2D eigenvalue weighted by Crippen LogP contribution is -2.31. The van der Waals surface area contributed by atoms with Gasteiger partial charge in [-0.1, -0.05) is 21.0 Å². The van der Waals surface area contributed by atoms with Gasteiger partial charge in [-0.05, 0) is 56.3 Å². The molecule has 1 aromatic carbocycles. The van der Waals surface area contributed by atoms with Crippen molar-refractivity contribution in [2.75, 3.05) is 11.9 Å². The summed E-state index contributed by atoms with van der Waals surface area (Å²) in [7, 11) is 0. The highest BCUT2D eigenvalue weighted by atomic mass is 79.9. The number of halogens is 1. The molecule has 0 aliphatic carbocycles. The summed E-state index contributed by atoms with van der Waals surface area (Å²) >= 11 is 3.49. The van der Waals surface area contributed by atoms with Crippen LogP contribution in [-0.4, -0.2) is 38.9 Å². The average molecular weight is 422 g/mol. The molecule has 0 radical (unpaired) electrons. The fourth-order valence-electron chi connectivity index (χ4n) is 2.86. The Hall–Kier alpha value is -2.42.